The van der Waals surface area contributed by atoms with E-state index in [1.165, 1.54) is 24.4 Å². The van der Waals surface area contributed by atoms with Crippen LogP contribution in [0.4, 0.5) is 4.39 Å². The van der Waals surface area contributed by atoms with Crippen molar-refractivity contribution in [2.24, 2.45) is 0 Å². The summed E-state index contributed by atoms with van der Waals surface area (Å²) in [5, 5.41) is 2.56. The Kier molecular flexibility index (Phi) is 4.32. The molecule has 0 bridgehead atoms. The number of amides is 1. The fourth-order valence-electron chi connectivity index (χ4n) is 1.69. The zero-order valence-corrected chi connectivity index (χ0v) is 12.0. The van der Waals surface area contributed by atoms with Crippen molar-refractivity contribution < 1.29 is 17.6 Å². The average Bonchev–Trinajstić information content (AvgIpc) is 2.45. The van der Waals surface area contributed by atoms with Crippen LogP contribution in [0.5, 0.6) is 0 Å². The molecule has 0 fully saturated rings. The Labute approximate surface area is 121 Å². The average molecular weight is 308 g/mol. The Morgan fingerprint density at radius 2 is 1.90 bits per heavy atom. The predicted molar refractivity (Wildman–Crippen MR) is 74.9 cm³/mol. The summed E-state index contributed by atoms with van der Waals surface area (Å²) < 4.78 is 36.0. The Morgan fingerprint density at radius 3 is 2.48 bits per heavy atom. The van der Waals surface area contributed by atoms with Crippen LogP contribution in [0.2, 0.25) is 0 Å². The van der Waals surface area contributed by atoms with Gasteiger partial charge in [0.2, 0.25) is 0 Å². The van der Waals surface area contributed by atoms with Crippen LogP contribution in [-0.4, -0.2) is 25.6 Å². The summed E-state index contributed by atoms with van der Waals surface area (Å²) in [7, 11) is -3.24. The normalized spacial score (nSPS) is 11.1. The quantitative estimate of drug-likeness (QED) is 0.930. The van der Waals surface area contributed by atoms with Gasteiger partial charge in [0, 0.05) is 19.0 Å². The maximum Gasteiger partial charge on any atom is 0.254 e. The molecule has 7 heteroatoms. The van der Waals surface area contributed by atoms with Gasteiger partial charge in [0.25, 0.3) is 5.91 Å². The molecule has 1 N–H and O–H groups in total. The highest BCUT2D eigenvalue weighted by Crippen LogP contribution is 2.10. The van der Waals surface area contributed by atoms with E-state index in [2.05, 4.69) is 10.3 Å². The van der Waals surface area contributed by atoms with Crippen molar-refractivity contribution in [3.05, 3.63) is 59.7 Å². The summed E-state index contributed by atoms with van der Waals surface area (Å²) >= 11 is 0. The van der Waals surface area contributed by atoms with Gasteiger partial charge < -0.3 is 5.32 Å². The van der Waals surface area contributed by atoms with Crippen LogP contribution in [0, 0.1) is 5.82 Å². The molecule has 0 aliphatic carbocycles. The lowest BCUT2D eigenvalue weighted by Gasteiger charge is -2.06. The summed E-state index contributed by atoms with van der Waals surface area (Å²) in [5.41, 5.74) is 0.628. The third-order valence-corrected chi connectivity index (χ3v) is 3.95. The third kappa shape index (κ3) is 3.85. The van der Waals surface area contributed by atoms with E-state index >= 15 is 0 Å². The van der Waals surface area contributed by atoms with E-state index < -0.39 is 21.6 Å². The van der Waals surface area contributed by atoms with Crippen molar-refractivity contribution in [3.63, 3.8) is 0 Å². The number of halogens is 1. The Morgan fingerprint density at radius 1 is 1.24 bits per heavy atom. The van der Waals surface area contributed by atoms with Crippen LogP contribution in [0.3, 0.4) is 0 Å². The second-order valence-electron chi connectivity index (χ2n) is 4.45. The number of benzene rings is 1. The van der Waals surface area contributed by atoms with Crippen molar-refractivity contribution in [1.29, 1.82) is 0 Å². The molecule has 2 rings (SSSR count). The molecule has 0 saturated carbocycles. The van der Waals surface area contributed by atoms with E-state index in [9.17, 15) is 17.6 Å². The molecule has 0 aliphatic heterocycles. The number of aromatic nitrogens is 1. The van der Waals surface area contributed by atoms with Gasteiger partial charge in [-0.25, -0.2) is 12.8 Å². The Balaban J connectivity index is 2.04. The highest BCUT2D eigenvalue weighted by atomic mass is 32.2. The third-order valence-electron chi connectivity index (χ3n) is 2.82. The summed E-state index contributed by atoms with van der Waals surface area (Å²) in [4.78, 5) is 15.6. The van der Waals surface area contributed by atoms with Crippen LogP contribution in [0.1, 0.15) is 15.9 Å². The summed E-state index contributed by atoms with van der Waals surface area (Å²) in [6.45, 7) is 0.171. The van der Waals surface area contributed by atoms with E-state index in [4.69, 9.17) is 0 Å². The van der Waals surface area contributed by atoms with Crippen LogP contribution >= 0.6 is 0 Å². The Bertz CT molecular complexity index is 758. The molecule has 0 unspecified atom stereocenters. The van der Waals surface area contributed by atoms with Gasteiger partial charge in [-0.15, -0.1) is 0 Å². The van der Waals surface area contributed by atoms with E-state index in [1.54, 1.807) is 12.1 Å². The molecule has 5 nitrogen and oxygen atoms in total. The second-order valence-corrected chi connectivity index (χ2v) is 6.47. The Hall–Kier alpha value is -2.28. The van der Waals surface area contributed by atoms with Crippen LogP contribution in [0.25, 0.3) is 0 Å². The van der Waals surface area contributed by atoms with Crippen molar-refractivity contribution in [1.82, 2.24) is 10.3 Å². The zero-order valence-electron chi connectivity index (χ0n) is 11.2. The van der Waals surface area contributed by atoms with Crippen LogP contribution < -0.4 is 5.32 Å². The molecule has 1 aromatic carbocycles. The highest BCUT2D eigenvalue weighted by Gasteiger charge is 2.11. The maximum atomic E-state index is 13.4. The molecule has 0 saturated heterocycles. The van der Waals surface area contributed by atoms with Crippen molar-refractivity contribution >= 4 is 15.7 Å². The van der Waals surface area contributed by atoms with Crippen molar-refractivity contribution in [2.75, 3.05) is 6.26 Å². The number of nitrogens with zero attached hydrogens (tertiary/aromatic N) is 1. The van der Waals surface area contributed by atoms with Gasteiger partial charge in [0.05, 0.1) is 16.7 Å². The van der Waals surface area contributed by atoms with Gasteiger partial charge in [-0.05, 0) is 23.8 Å². The standard InChI is InChI=1S/C14H13FN2O3S/c1-21(19,20)11-4-2-10(3-5-11)8-17-14(18)12-6-7-16-9-13(12)15/h2-7,9H,8H2,1H3,(H,17,18). The molecule has 1 amide bonds. The molecule has 2 aromatic rings. The smallest absolute Gasteiger partial charge is 0.254 e. The van der Waals surface area contributed by atoms with E-state index in [0.717, 1.165) is 12.5 Å². The number of rotatable bonds is 4. The largest absolute Gasteiger partial charge is 0.348 e. The van der Waals surface area contributed by atoms with Gasteiger partial charge >= 0.3 is 0 Å². The lowest BCUT2D eigenvalue weighted by Crippen LogP contribution is -2.23. The number of sulfone groups is 1. The first kappa shape index (κ1) is 15.1. The van der Waals surface area contributed by atoms with E-state index in [1.807, 2.05) is 0 Å². The SMILES string of the molecule is CS(=O)(=O)c1ccc(CNC(=O)c2ccncc2F)cc1. The lowest BCUT2D eigenvalue weighted by atomic mass is 10.2. The molecule has 0 spiro atoms. The molecular formula is C14H13FN2O3S. The number of carbonyl (C=O) groups excluding carboxylic acids is 1. The minimum Gasteiger partial charge on any atom is -0.348 e. The minimum atomic E-state index is -3.24. The molecule has 0 aliphatic rings. The fourth-order valence-corrected chi connectivity index (χ4v) is 2.32. The summed E-state index contributed by atoms with van der Waals surface area (Å²) in [6.07, 6.45) is 3.42. The van der Waals surface area contributed by atoms with Gasteiger partial charge in [-0.1, -0.05) is 12.1 Å². The van der Waals surface area contributed by atoms with Crippen molar-refractivity contribution in [3.8, 4) is 0 Å². The maximum absolute atomic E-state index is 13.4. The summed E-state index contributed by atoms with van der Waals surface area (Å²) in [5.74, 6) is -1.25. The second kappa shape index (κ2) is 6.01. The van der Waals surface area contributed by atoms with Crippen molar-refractivity contribution in [2.45, 2.75) is 11.4 Å². The molecule has 110 valence electrons. The molecule has 0 radical (unpaired) electrons. The number of pyridine rings is 1. The monoisotopic (exact) mass is 308 g/mol. The van der Waals surface area contributed by atoms with E-state index in [-0.39, 0.29) is 17.0 Å². The van der Waals surface area contributed by atoms with Crippen LogP contribution in [0.15, 0.2) is 47.6 Å². The van der Waals surface area contributed by atoms with Crippen LogP contribution in [-0.2, 0) is 16.4 Å². The highest BCUT2D eigenvalue weighted by molar-refractivity contribution is 7.90. The molecule has 0 atom stereocenters. The first-order valence-electron chi connectivity index (χ1n) is 6.04. The molecule has 1 heterocycles. The molecular weight excluding hydrogens is 295 g/mol. The first-order chi connectivity index (χ1) is 9.88. The minimum absolute atomic E-state index is 0.0854. The first-order valence-corrected chi connectivity index (χ1v) is 7.94. The van der Waals surface area contributed by atoms with E-state index in [0.29, 0.717) is 5.56 Å². The topological polar surface area (TPSA) is 76.1 Å². The predicted octanol–water partition coefficient (Wildman–Crippen LogP) is 1.55. The summed E-state index contributed by atoms with van der Waals surface area (Å²) in [6, 6.07) is 7.41. The van der Waals surface area contributed by atoms with Gasteiger partial charge in [-0.3, -0.25) is 9.78 Å². The lowest BCUT2D eigenvalue weighted by molar-refractivity contribution is 0.0946. The zero-order chi connectivity index (χ0) is 15.5. The molecule has 21 heavy (non-hydrogen) atoms. The molecule has 1 aromatic heterocycles. The van der Waals surface area contributed by atoms with Gasteiger partial charge in [-0.2, -0.15) is 0 Å². The number of carbonyl (C=O) groups is 1. The number of nitrogens with one attached hydrogen (secondary N) is 1. The number of hydrogen-bond donors (Lipinski definition) is 1. The van der Waals surface area contributed by atoms with Gasteiger partial charge in [0.1, 0.15) is 0 Å². The fraction of sp³-hybridized carbons (Fsp3) is 0.143. The van der Waals surface area contributed by atoms with Gasteiger partial charge in [0.15, 0.2) is 15.7 Å². The number of hydrogen-bond acceptors (Lipinski definition) is 4.